The van der Waals surface area contributed by atoms with Crippen molar-refractivity contribution >= 4 is 11.7 Å². The molecule has 2 aromatic rings. The number of likely N-dealkylation sites (N-methyl/N-ethyl adjacent to an activating group) is 1. The van der Waals surface area contributed by atoms with Crippen LogP contribution in [0.5, 0.6) is 5.75 Å². The number of rotatable bonds is 6. The Kier molecular flexibility index (Phi) is 4.80. The van der Waals surface area contributed by atoms with Crippen molar-refractivity contribution in [2.45, 2.75) is 6.04 Å². The van der Waals surface area contributed by atoms with Crippen molar-refractivity contribution in [2.24, 2.45) is 5.73 Å². The van der Waals surface area contributed by atoms with E-state index in [9.17, 15) is 9.18 Å². The van der Waals surface area contributed by atoms with Crippen molar-refractivity contribution in [2.75, 3.05) is 38.7 Å². The fourth-order valence-electron chi connectivity index (χ4n) is 2.81. The number of hydrogen-bond acceptors (Lipinski definition) is 6. The zero-order chi connectivity index (χ0) is 18.0. The van der Waals surface area contributed by atoms with E-state index in [1.165, 1.54) is 6.33 Å². The molecule has 1 aliphatic heterocycles. The van der Waals surface area contributed by atoms with E-state index in [2.05, 4.69) is 9.97 Å². The lowest BCUT2D eigenvalue weighted by Gasteiger charge is -2.44. The number of aromatic nitrogens is 2. The quantitative estimate of drug-likeness (QED) is 0.837. The Hall–Kier alpha value is -2.74. The molecule has 0 atom stereocenters. The van der Waals surface area contributed by atoms with Crippen LogP contribution in [0.15, 0.2) is 30.6 Å². The van der Waals surface area contributed by atoms with Gasteiger partial charge in [-0.2, -0.15) is 0 Å². The Morgan fingerprint density at radius 2 is 2.04 bits per heavy atom. The number of amides is 1. The lowest BCUT2D eigenvalue weighted by Crippen LogP contribution is -2.60. The molecule has 0 spiro atoms. The van der Waals surface area contributed by atoms with E-state index in [0.29, 0.717) is 24.4 Å². The number of nitrogens with two attached hydrogens (primary N) is 1. The highest BCUT2D eigenvalue weighted by Gasteiger charge is 2.33. The molecule has 25 heavy (non-hydrogen) atoms. The predicted molar refractivity (Wildman–Crippen MR) is 91.8 cm³/mol. The molecule has 0 radical (unpaired) electrons. The third kappa shape index (κ3) is 3.53. The first kappa shape index (κ1) is 17.1. The predicted octanol–water partition coefficient (Wildman–Crippen LogP) is 0.897. The number of hydrogen-bond donors (Lipinski definition) is 1. The summed E-state index contributed by atoms with van der Waals surface area (Å²) >= 11 is 0. The molecule has 2 heterocycles. The SMILES string of the molecule is COc1ccc(-c2ncnc(N3CC(N(C)CC(N)=O)C3)c2F)cc1. The Labute approximate surface area is 145 Å². The lowest BCUT2D eigenvalue weighted by molar-refractivity contribution is -0.119. The first-order valence-corrected chi connectivity index (χ1v) is 7.88. The van der Waals surface area contributed by atoms with Crippen molar-refractivity contribution in [1.82, 2.24) is 14.9 Å². The summed E-state index contributed by atoms with van der Waals surface area (Å²) in [5.41, 5.74) is 6.11. The Bertz CT molecular complexity index is 762. The average Bonchev–Trinajstić information content (AvgIpc) is 2.54. The molecular formula is C17H20FN5O2. The molecule has 0 saturated carbocycles. The van der Waals surface area contributed by atoms with Crippen LogP contribution < -0.4 is 15.4 Å². The van der Waals surface area contributed by atoms with Gasteiger partial charge in [-0.1, -0.05) is 0 Å². The maximum Gasteiger partial charge on any atom is 0.231 e. The maximum absolute atomic E-state index is 14.9. The molecule has 1 saturated heterocycles. The number of benzene rings is 1. The monoisotopic (exact) mass is 345 g/mol. The second-order valence-corrected chi connectivity index (χ2v) is 6.03. The van der Waals surface area contributed by atoms with Crippen LogP contribution in [0, 0.1) is 5.82 Å². The minimum Gasteiger partial charge on any atom is -0.497 e. The van der Waals surface area contributed by atoms with E-state index in [1.54, 1.807) is 31.4 Å². The van der Waals surface area contributed by atoms with E-state index in [1.807, 2.05) is 16.8 Å². The summed E-state index contributed by atoms with van der Waals surface area (Å²) in [7, 11) is 3.40. The van der Waals surface area contributed by atoms with Crippen LogP contribution in [0.2, 0.25) is 0 Å². The second-order valence-electron chi connectivity index (χ2n) is 6.03. The van der Waals surface area contributed by atoms with Gasteiger partial charge < -0.3 is 15.4 Å². The van der Waals surface area contributed by atoms with Crippen molar-refractivity contribution < 1.29 is 13.9 Å². The van der Waals surface area contributed by atoms with E-state index >= 15 is 0 Å². The number of anilines is 1. The lowest BCUT2D eigenvalue weighted by atomic mass is 10.1. The molecule has 0 bridgehead atoms. The average molecular weight is 345 g/mol. The summed E-state index contributed by atoms with van der Waals surface area (Å²) < 4.78 is 20.0. The topological polar surface area (TPSA) is 84.6 Å². The van der Waals surface area contributed by atoms with Crippen molar-refractivity contribution in [1.29, 1.82) is 0 Å². The van der Waals surface area contributed by atoms with Crippen LogP contribution in [0.25, 0.3) is 11.3 Å². The van der Waals surface area contributed by atoms with Gasteiger partial charge in [0.1, 0.15) is 17.8 Å². The highest BCUT2D eigenvalue weighted by Crippen LogP contribution is 2.30. The number of methoxy groups -OCH3 is 1. The van der Waals surface area contributed by atoms with Crippen LogP contribution in [0.1, 0.15) is 0 Å². The molecule has 1 aromatic carbocycles. The van der Waals surface area contributed by atoms with Gasteiger partial charge in [0.15, 0.2) is 11.6 Å². The third-order valence-electron chi connectivity index (χ3n) is 4.32. The van der Waals surface area contributed by atoms with Crippen LogP contribution >= 0.6 is 0 Å². The van der Waals surface area contributed by atoms with Crippen molar-refractivity contribution in [3.63, 3.8) is 0 Å². The fourth-order valence-corrected chi connectivity index (χ4v) is 2.81. The molecule has 0 unspecified atom stereocenters. The van der Waals surface area contributed by atoms with E-state index in [-0.39, 0.29) is 30.0 Å². The Balaban J connectivity index is 1.75. The molecule has 0 aliphatic carbocycles. The van der Waals surface area contributed by atoms with E-state index in [0.717, 1.165) is 0 Å². The van der Waals surface area contributed by atoms with Gasteiger partial charge in [0.25, 0.3) is 0 Å². The molecule has 3 rings (SSSR count). The summed E-state index contributed by atoms with van der Waals surface area (Å²) in [6.07, 6.45) is 1.36. The summed E-state index contributed by atoms with van der Waals surface area (Å²) in [6.45, 7) is 1.35. The number of carbonyl (C=O) groups is 1. The first-order chi connectivity index (χ1) is 12.0. The minimum atomic E-state index is -0.455. The van der Waals surface area contributed by atoms with Gasteiger partial charge in [0.05, 0.1) is 13.7 Å². The van der Waals surface area contributed by atoms with Gasteiger partial charge in [-0.3, -0.25) is 9.69 Å². The largest absolute Gasteiger partial charge is 0.497 e. The second kappa shape index (κ2) is 7.02. The summed E-state index contributed by atoms with van der Waals surface area (Å²) in [5, 5.41) is 0. The summed E-state index contributed by atoms with van der Waals surface area (Å²) in [5.74, 6) is 0.130. The van der Waals surface area contributed by atoms with Gasteiger partial charge >= 0.3 is 0 Å². The van der Waals surface area contributed by atoms with Crippen LogP contribution in [-0.4, -0.2) is 60.6 Å². The number of carbonyl (C=O) groups excluding carboxylic acids is 1. The van der Waals surface area contributed by atoms with Gasteiger partial charge in [-0.25, -0.2) is 14.4 Å². The molecular weight excluding hydrogens is 325 g/mol. The van der Waals surface area contributed by atoms with Gasteiger partial charge in [0, 0.05) is 24.7 Å². The fraction of sp³-hybridized carbons (Fsp3) is 0.353. The first-order valence-electron chi connectivity index (χ1n) is 7.88. The Morgan fingerprint density at radius 1 is 1.36 bits per heavy atom. The van der Waals surface area contributed by atoms with Gasteiger partial charge in [-0.05, 0) is 31.3 Å². The third-order valence-corrected chi connectivity index (χ3v) is 4.32. The maximum atomic E-state index is 14.9. The van der Waals surface area contributed by atoms with Crippen LogP contribution in [0.4, 0.5) is 10.2 Å². The molecule has 1 fully saturated rings. The number of primary amides is 1. The zero-order valence-corrected chi connectivity index (χ0v) is 14.1. The van der Waals surface area contributed by atoms with Gasteiger partial charge in [-0.15, -0.1) is 0 Å². The molecule has 132 valence electrons. The van der Waals surface area contributed by atoms with Crippen LogP contribution in [0.3, 0.4) is 0 Å². The molecule has 7 nitrogen and oxygen atoms in total. The number of nitrogens with zero attached hydrogens (tertiary/aromatic N) is 4. The molecule has 1 amide bonds. The van der Waals surface area contributed by atoms with E-state index < -0.39 is 5.82 Å². The molecule has 2 N–H and O–H groups in total. The number of ether oxygens (including phenoxy) is 1. The number of halogens is 1. The summed E-state index contributed by atoms with van der Waals surface area (Å²) in [4.78, 5) is 22.8. The molecule has 8 heteroatoms. The molecule has 1 aliphatic rings. The highest BCUT2D eigenvalue weighted by atomic mass is 19.1. The van der Waals surface area contributed by atoms with Crippen molar-refractivity contribution in [3.05, 3.63) is 36.4 Å². The standard InChI is InChI=1S/C17H20FN5O2/c1-22(9-14(19)24)12-7-23(8-12)17-15(18)16(20-10-21-17)11-3-5-13(25-2)6-4-11/h3-6,10,12H,7-9H2,1-2H3,(H2,19,24). The highest BCUT2D eigenvalue weighted by molar-refractivity contribution is 5.76. The Morgan fingerprint density at radius 3 is 2.64 bits per heavy atom. The van der Waals surface area contributed by atoms with Gasteiger partial charge in [0.2, 0.25) is 5.91 Å². The zero-order valence-electron chi connectivity index (χ0n) is 14.1. The molecule has 1 aromatic heterocycles. The van der Waals surface area contributed by atoms with E-state index in [4.69, 9.17) is 10.5 Å². The minimum absolute atomic E-state index is 0.145. The summed E-state index contributed by atoms with van der Waals surface area (Å²) in [6, 6.07) is 7.18. The normalized spacial score (nSPS) is 14.5. The van der Waals surface area contributed by atoms with Crippen molar-refractivity contribution in [3.8, 4) is 17.0 Å². The van der Waals surface area contributed by atoms with Crippen LogP contribution in [-0.2, 0) is 4.79 Å². The smallest absolute Gasteiger partial charge is 0.231 e.